The van der Waals surface area contributed by atoms with Crippen LogP contribution in [0.15, 0.2) is 54.6 Å². The van der Waals surface area contributed by atoms with E-state index in [1.807, 2.05) is 30.3 Å². The molecular formula is C15H12OS. The third-order valence-electron chi connectivity index (χ3n) is 2.89. The summed E-state index contributed by atoms with van der Waals surface area (Å²) in [6.07, 6.45) is 0. The van der Waals surface area contributed by atoms with E-state index >= 15 is 0 Å². The lowest BCUT2D eigenvalue weighted by Gasteiger charge is -2.00. The molecule has 1 nitrogen and oxygen atoms in total. The summed E-state index contributed by atoms with van der Waals surface area (Å²) in [6.45, 7) is 0.0915. The number of hydrogen-bond donors (Lipinski definition) is 1. The molecule has 0 aliphatic carbocycles. The summed E-state index contributed by atoms with van der Waals surface area (Å²) in [7, 11) is 0. The van der Waals surface area contributed by atoms with E-state index in [9.17, 15) is 5.11 Å². The third-order valence-corrected chi connectivity index (χ3v) is 4.15. The second kappa shape index (κ2) is 4.32. The highest BCUT2D eigenvalue weighted by Gasteiger charge is 2.11. The van der Waals surface area contributed by atoms with Crippen LogP contribution in [0.4, 0.5) is 0 Å². The number of rotatable bonds is 2. The zero-order chi connectivity index (χ0) is 11.7. The van der Waals surface area contributed by atoms with E-state index in [2.05, 4.69) is 24.3 Å². The number of hydrogen-bond acceptors (Lipinski definition) is 2. The molecule has 2 heteroatoms. The van der Waals surface area contributed by atoms with E-state index in [1.54, 1.807) is 11.3 Å². The van der Waals surface area contributed by atoms with Gasteiger partial charge in [0, 0.05) is 15.1 Å². The van der Waals surface area contributed by atoms with Gasteiger partial charge in [0.15, 0.2) is 0 Å². The molecule has 17 heavy (non-hydrogen) atoms. The van der Waals surface area contributed by atoms with E-state index in [4.69, 9.17) is 0 Å². The normalized spacial score (nSPS) is 10.9. The predicted molar refractivity (Wildman–Crippen MR) is 73.2 cm³/mol. The maximum atomic E-state index is 9.57. The van der Waals surface area contributed by atoms with Gasteiger partial charge in [0.2, 0.25) is 0 Å². The van der Waals surface area contributed by atoms with Crippen molar-refractivity contribution in [1.82, 2.24) is 0 Å². The molecular weight excluding hydrogens is 228 g/mol. The second-order valence-corrected chi connectivity index (χ2v) is 4.98. The number of aliphatic hydroxyl groups excluding tert-OH is 1. The van der Waals surface area contributed by atoms with Gasteiger partial charge >= 0.3 is 0 Å². The van der Waals surface area contributed by atoms with Crippen LogP contribution in [0.5, 0.6) is 0 Å². The van der Waals surface area contributed by atoms with Gasteiger partial charge < -0.3 is 5.11 Å². The Morgan fingerprint density at radius 3 is 2.35 bits per heavy atom. The smallest absolute Gasteiger partial charge is 0.0702 e. The van der Waals surface area contributed by atoms with Crippen LogP contribution in [0, 0.1) is 0 Å². The van der Waals surface area contributed by atoms with Crippen molar-refractivity contribution in [2.45, 2.75) is 6.61 Å². The minimum atomic E-state index is 0.0915. The van der Waals surface area contributed by atoms with Crippen LogP contribution >= 0.6 is 11.3 Å². The summed E-state index contributed by atoms with van der Waals surface area (Å²) in [5.74, 6) is 0. The van der Waals surface area contributed by atoms with Crippen molar-refractivity contribution in [3.05, 3.63) is 60.2 Å². The highest BCUT2D eigenvalue weighted by Crippen LogP contribution is 2.38. The minimum absolute atomic E-state index is 0.0915. The molecule has 0 atom stereocenters. The molecule has 0 saturated heterocycles. The first-order chi connectivity index (χ1) is 8.40. The van der Waals surface area contributed by atoms with Crippen molar-refractivity contribution in [3.63, 3.8) is 0 Å². The number of thiophene rings is 1. The maximum absolute atomic E-state index is 9.57. The fraction of sp³-hybridized carbons (Fsp3) is 0.0667. The largest absolute Gasteiger partial charge is 0.392 e. The van der Waals surface area contributed by atoms with Crippen LogP contribution in [0.3, 0.4) is 0 Å². The zero-order valence-corrected chi connectivity index (χ0v) is 10.1. The summed E-state index contributed by atoms with van der Waals surface area (Å²) in [5.41, 5.74) is 2.22. The van der Waals surface area contributed by atoms with Crippen molar-refractivity contribution in [2.75, 3.05) is 0 Å². The van der Waals surface area contributed by atoms with Crippen LogP contribution in [-0.4, -0.2) is 5.11 Å². The van der Waals surface area contributed by atoms with E-state index in [-0.39, 0.29) is 6.61 Å². The van der Waals surface area contributed by atoms with Crippen molar-refractivity contribution < 1.29 is 5.11 Å². The molecule has 2 aromatic carbocycles. The zero-order valence-electron chi connectivity index (χ0n) is 9.26. The first-order valence-corrected chi connectivity index (χ1v) is 6.38. The molecule has 0 bridgehead atoms. The molecule has 0 amide bonds. The fourth-order valence-corrected chi connectivity index (χ4v) is 3.30. The van der Waals surface area contributed by atoms with E-state index in [1.165, 1.54) is 20.5 Å². The van der Waals surface area contributed by atoms with Gasteiger partial charge in [-0.05, 0) is 17.0 Å². The van der Waals surface area contributed by atoms with Gasteiger partial charge in [-0.1, -0.05) is 48.5 Å². The Morgan fingerprint density at radius 1 is 0.882 bits per heavy atom. The van der Waals surface area contributed by atoms with Gasteiger partial charge in [-0.2, -0.15) is 0 Å². The van der Waals surface area contributed by atoms with Crippen LogP contribution < -0.4 is 0 Å². The van der Waals surface area contributed by atoms with Crippen molar-refractivity contribution >= 4 is 21.4 Å². The summed E-state index contributed by atoms with van der Waals surface area (Å²) in [5, 5.41) is 10.7. The lowest BCUT2D eigenvalue weighted by molar-refractivity contribution is 0.284. The molecule has 0 spiro atoms. The highest BCUT2D eigenvalue weighted by molar-refractivity contribution is 7.22. The first-order valence-electron chi connectivity index (χ1n) is 5.57. The standard InChI is InChI=1S/C15H12OS/c16-10-13-12-8-4-5-9-14(12)17-15(13)11-6-2-1-3-7-11/h1-9,16H,10H2. The van der Waals surface area contributed by atoms with Crippen molar-refractivity contribution in [1.29, 1.82) is 0 Å². The monoisotopic (exact) mass is 240 g/mol. The van der Waals surface area contributed by atoms with Gasteiger partial charge in [0.1, 0.15) is 0 Å². The molecule has 84 valence electrons. The average molecular weight is 240 g/mol. The number of benzene rings is 2. The van der Waals surface area contributed by atoms with Crippen LogP contribution in [-0.2, 0) is 6.61 Å². The van der Waals surface area contributed by atoms with Gasteiger partial charge in [-0.15, -0.1) is 11.3 Å². The molecule has 3 rings (SSSR count). The molecule has 0 aliphatic rings. The minimum Gasteiger partial charge on any atom is -0.392 e. The number of fused-ring (bicyclic) bond motifs is 1. The maximum Gasteiger partial charge on any atom is 0.0702 e. The lowest BCUT2D eigenvalue weighted by atomic mass is 10.1. The lowest BCUT2D eigenvalue weighted by Crippen LogP contribution is -1.83. The molecule has 0 radical (unpaired) electrons. The molecule has 1 aromatic heterocycles. The summed E-state index contributed by atoms with van der Waals surface area (Å²) in [6, 6.07) is 18.5. The SMILES string of the molecule is OCc1c(-c2ccccc2)sc2ccccc12. The Hall–Kier alpha value is -1.64. The fourth-order valence-electron chi connectivity index (χ4n) is 2.08. The molecule has 3 aromatic rings. The van der Waals surface area contributed by atoms with Crippen LogP contribution in [0.2, 0.25) is 0 Å². The van der Waals surface area contributed by atoms with Crippen LogP contribution in [0.25, 0.3) is 20.5 Å². The van der Waals surface area contributed by atoms with Gasteiger partial charge in [0.25, 0.3) is 0 Å². The van der Waals surface area contributed by atoms with Gasteiger partial charge in [-0.25, -0.2) is 0 Å². The highest BCUT2D eigenvalue weighted by atomic mass is 32.1. The Bertz CT molecular complexity index is 640. The second-order valence-electron chi connectivity index (χ2n) is 3.93. The first kappa shape index (κ1) is 10.5. The summed E-state index contributed by atoms with van der Waals surface area (Å²) < 4.78 is 1.23. The van der Waals surface area contributed by atoms with E-state index < -0.39 is 0 Å². The predicted octanol–water partition coefficient (Wildman–Crippen LogP) is 4.06. The third kappa shape index (κ3) is 1.75. The van der Waals surface area contributed by atoms with Crippen molar-refractivity contribution in [3.8, 4) is 10.4 Å². The Morgan fingerprint density at radius 2 is 1.59 bits per heavy atom. The van der Waals surface area contributed by atoms with E-state index in [0.717, 1.165) is 5.56 Å². The topological polar surface area (TPSA) is 20.2 Å². The Kier molecular flexibility index (Phi) is 2.67. The van der Waals surface area contributed by atoms with E-state index in [0.29, 0.717) is 0 Å². The Labute approximate surface area is 104 Å². The molecule has 0 fully saturated rings. The molecule has 1 N–H and O–H groups in total. The van der Waals surface area contributed by atoms with Crippen molar-refractivity contribution in [2.24, 2.45) is 0 Å². The van der Waals surface area contributed by atoms with Gasteiger partial charge in [0.05, 0.1) is 6.61 Å². The molecule has 0 saturated carbocycles. The summed E-state index contributed by atoms with van der Waals surface area (Å²) in [4.78, 5) is 1.18. The average Bonchev–Trinajstić information content (AvgIpc) is 2.78. The number of aliphatic hydroxyl groups is 1. The Balaban J connectivity index is 2.30. The van der Waals surface area contributed by atoms with Gasteiger partial charge in [-0.3, -0.25) is 0 Å². The quantitative estimate of drug-likeness (QED) is 0.716. The van der Waals surface area contributed by atoms with Crippen LogP contribution in [0.1, 0.15) is 5.56 Å². The molecule has 0 unspecified atom stereocenters. The summed E-state index contributed by atoms with van der Waals surface area (Å²) >= 11 is 1.74. The molecule has 1 heterocycles. The molecule has 0 aliphatic heterocycles.